The largest absolute Gasteiger partial charge is 0.490 e. The molecular weight excluding hydrogens is 605 g/mol. The van der Waals surface area contributed by atoms with Crippen molar-refractivity contribution >= 4 is 29.6 Å². The van der Waals surface area contributed by atoms with Crippen LogP contribution in [0.3, 0.4) is 0 Å². The molecule has 0 saturated carbocycles. The lowest BCUT2D eigenvalue weighted by molar-refractivity contribution is -0.192. The van der Waals surface area contributed by atoms with E-state index in [2.05, 4.69) is 20.9 Å². The minimum absolute atomic E-state index is 0.159. The summed E-state index contributed by atoms with van der Waals surface area (Å²) in [5.41, 5.74) is 2.75. The second kappa shape index (κ2) is 18.8. The molecule has 2 aromatic carbocycles. The van der Waals surface area contributed by atoms with Crippen LogP contribution >= 0.6 is 0 Å². The quantitative estimate of drug-likeness (QED) is 0.129. The van der Waals surface area contributed by atoms with Crippen molar-refractivity contribution < 1.29 is 42.6 Å². The molecule has 0 bridgehead atoms. The van der Waals surface area contributed by atoms with Gasteiger partial charge in [-0.1, -0.05) is 74.5 Å². The first-order valence-corrected chi connectivity index (χ1v) is 14.7. The van der Waals surface area contributed by atoms with E-state index in [9.17, 15) is 32.7 Å². The van der Waals surface area contributed by atoms with Gasteiger partial charge >= 0.3 is 18.1 Å². The number of hydrogen-bond donors (Lipinski definition) is 5. The van der Waals surface area contributed by atoms with Gasteiger partial charge in [0.25, 0.3) is 0 Å². The molecule has 0 aliphatic carbocycles. The smallest absolute Gasteiger partial charge is 0.481 e. The van der Waals surface area contributed by atoms with E-state index in [-0.39, 0.29) is 24.2 Å². The van der Waals surface area contributed by atoms with Gasteiger partial charge in [0.15, 0.2) is 0 Å². The van der Waals surface area contributed by atoms with Gasteiger partial charge in [-0.15, -0.1) is 0 Å². The molecule has 1 unspecified atom stereocenters. The molecule has 248 valence electrons. The van der Waals surface area contributed by atoms with Gasteiger partial charge in [0.1, 0.15) is 11.9 Å². The zero-order valence-electron chi connectivity index (χ0n) is 25.6. The molecule has 0 radical (unpaired) electrons. The van der Waals surface area contributed by atoms with E-state index in [0.29, 0.717) is 31.4 Å². The van der Waals surface area contributed by atoms with Crippen LogP contribution in [0.15, 0.2) is 79.0 Å². The van der Waals surface area contributed by atoms with Crippen LogP contribution < -0.4 is 16.0 Å². The van der Waals surface area contributed by atoms with Gasteiger partial charge in [0, 0.05) is 19.2 Å². The molecular formula is C33H39F3N4O6. The maximum atomic E-state index is 13.3. The summed E-state index contributed by atoms with van der Waals surface area (Å²) in [5.74, 6) is -3.40. The predicted molar refractivity (Wildman–Crippen MR) is 167 cm³/mol. The Morgan fingerprint density at radius 2 is 1.43 bits per heavy atom. The highest BCUT2D eigenvalue weighted by molar-refractivity contribution is 5.88. The van der Waals surface area contributed by atoms with Gasteiger partial charge in [-0.3, -0.25) is 14.4 Å². The predicted octanol–water partition coefficient (Wildman–Crippen LogP) is 5.83. The van der Waals surface area contributed by atoms with Crippen LogP contribution in [0.2, 0.25) is 0 Å². The molecule has 2 atom stereocenters. The van der Waals surface area contributed by atoms with Gasteiger partial charge in [0.2, 0.25) is 11.8 Å². The van der Waals surface area contributed by atoms with Crippen LogP contribution in [0.5, 0.6) is 0 Å². The molecule has 0 fully saturated rings. The highest BCUT2D eigenvalue weighted by Crippen LogP contribution is 2.24. The number of aromatic nitrogens is 1. The number of nitrogens with zero attached hydrogens (tertiary/aromatic N) is 1. The van der Waals surface area contributed by atoms with E-state index in [4.69, 9.17) is 9.90 Å². The number of carboxylic acids is 2. The average molecular weight is 645 g/mol. The summed E-state index contributed by atoms with van der Waals surface area (Å²) >= 11 is 0. The monoisotopic (exact) mass is 644 g/mol. The molecule has 1 aromatic heterocycles. The maximum Gasteiger partial charge on any atom is 0.490 e. The minimum atomic E-state index is -5.08. The zero-order valence-corrected chi connectivity index (χ0v) is 25.6. The van der Waals surface area contributed by atoms with E-state index in [1.165, 1.54) is 0 Å². The summed E-state index contributed by atoms with van der Waals surface area (Å²) < 4.78 is 31.7. The second-order valence-electron chi connectivity index (χ2n) is 10.8. The molecule has 0 saturated heterocycles. The normalized spacial score (nSPS) is 12.2. The van der Waals surface area contributed by atoms with Gasteiger partial charge in [-0.2, -0.15) is 13.2 Å². The number of rotatable bonds is 15. The molecule has 10 nitrogen and oxygen atoms in total. The molecule has 13 heteroatoms. The number of aliphatic carboxylic acids is 2. The number of carboxylic acid groups (broad SMARTS) is 2. The fraction of sp³-hybridized carbons (Fsp3) is 0.364. The van der Waals surface area contributed by atoms with Crippen molar-refractivity contribution in [2.45, 2.75) is 64.2 Å². The molecule has 2 amide bonds. The van der Waals surface area contributed by atoms with E-state index < -0.39 is 30.2 Å². The van der Waals surface area contributed by atoms with E-state index >= 15 is 0 Å². The highest BCUT2D eigenvalue weighted by Gasteiger charge is 2.38. The molecule has 0 spiro atoms. The summed E-state index contributed by atoms with van der Waals surface area (Å²) in [4.78, 5) is 50.6. The van der Waals surface area contributed by atoms with Gasteiger partial charge in [0.05, 0.1) is 12.5 Å². The van der Waals surface area contributed by atoms with Crippen LogP contribution in [0, 0.1) is 5.92 Å². The van der Waals surface area contributed by atoms with Crippen LogP contribution in [-0.2, 0) is 19.2 Å². The molecule has 0 aliphatic heterocycles. The van der Waals surface area contributed by atoms with Crippen LogP contribution in [0.1, 0.15) is 57.6 Å². The molecule has 3 aromatic rings. The van der Waals surface area contributed by atoms with E-state index in [1.807, 2.05) is 86.6 Å². The van der Waals surface area contributed by atoms with Crippen molar-refractivity contribution in [3.8, 4) is 11.1 Å². The zero-order chi connectivity index (χ0) is 34.1. The number of anilines is 1. The van der Waals surface area contributed by atoms with Gasteiger partial charge < -0.3 is 26.2 Å². The number of amides is 2. The van der Waals surface area contributed by atoms with Crippen LogP contribution in [0.25, 0.3) is 11.1 Å². The number of hydrogen-bond acceptors (Lipinski definition) is 6. The van der Waals surface area contributed by atoms with Crippen molar-refractivity contribution in [3.63, 3.8) is 0 Å². The van der Waals surface area contributed by atoms with E-state index in [1.54, 1.807) is 6.20 Å². The fourth-order valence-electron chi connectivity index (χ4n) is 4.30. The molecule has 1 heterocycles. The Morgan fingerprint density at radius 3 is 1.98 bits per heavy atom. The first-order valence-electron chi connectivity index (χ1n) is 14.7. The number of nitrogens with one attached hydrogen (secondary N) is 3. The van der Waals surface area contributed by atoms with Crippen molar-refractivity contribution in [2.24, 2.45) is 5.92 Å². The second-order valence-corrected chi connectivity index (χ2v) is 10.8. The third-order valence-corrected chi connectivity index (χ3v) is 6.52. The molecule has 0 aliphatic rings. The number of halogens is 3. The summed E-state index contributed by atoms with van der Waals surface area (Å²) in [5, 5.41) is 25.6. The average Bonchev–Trinajstić information content (AvgIpc) is 3.00. The third-order valence-electron chi connectivity index (χ3n) is 6.52. The van der Waals surface area contributed by atoms with Crippen molar-refractivity contribution in [1.82, 2.24) is 15.6 Å². The first-order chi connectivity index (χ1) is 21.8. The number of benzene rings is 2. The first kappa shape index (κ1) is 37.2. The standard InChI is InChI=1S/C31H38N4O4.C2HF3O2/c1-22(2)20-27(34-29(36)13-7-9-19-33-28-12-6-8-18-32-28)31(39)35-26(21-30(37)38)25-16-14-24(15-17-25)23-10-4-3-5-11-23;3-2(4,5)1(6)7/h3-6,8,10-12,14-18,22,26-27H,7,9,13,19-21H2,1-2H3,(H,32,33)(H,34,36)(H,35,39)(H,37,38);(H,6,7)/t26?,27-;/m0./s1. The topological polar surface area (TPSA) is 158 Å². The molecule has 46 heavy (non-hydrogen) atoms. The Morgan fingerprint density at radius 1 is 0.826 bits per heavy atom. The number of unbranched alkanes of at least 4 members (excludes halogenated alkanes) is 1. The summed E-state index contributed by atoms with van der Waals surface area (Å²) in [6.07, 6.45) is -1.43. The van der Waals surface area contributed by atoms with Crippen LogP contribution in [-0.4, -0.2) is 57.7 Å². The van der Waals surface area contributed by atoms with Crippen LogP contribution in [0.4, 0.5) is 19.0 Å². The van der Waals surface area contributed by atoms with Crippen molar-refractivity contribution in [1.29, 1.82) is 0 Å². The Labute approximate surface area is 265 Å². The molecule has 3 rings (SSSR count). The Kier molecular flexibility index (Phi) is 15.2. The van der Waals surface area contributed by atoms with Crippen molar-refractivity contribution in [2.75, 3.05) is 11.9 Å². The number of carbonyl (C=O) groups excluding carboxylic acids is 2. The Balaban J connectivity index is 0.000000942. The fourth-order valence-corrected chi connectivity index (χ4v) is 4.30. The number of alkyl halides is 3. The summed E-state index contributed by atoms with van der Waals surface area (Å²) in [6, 6.07) is 21.6. The number of carbonyl (C=O) groups is 4. The van der Waals surface area contributed by atoms with Gasteiger partial charge in [-0.05, 0) is 54.0 Å². The number of pyridine rings is 1. The lowest BCUT2D eigenvalue weighted by Crippen LogP contribution is -2.48. The van der Waals surface area contributed by atoms with Gasteiger partial charge in [-0.25, -0.2) is 9.78 Å². The summed E-state index contributed by atoms with van der Waals surface area (Å²) in [7, 11) is 0. The Hall–Kier alpha value is -4.94. The van der Waals surface area contributed by atoms with Crippen molar-refractivity contribution in [3.05, 3.63) is 84.6 Å². The molecule has 5 N–H and O–H groups in total. The van der Waals surface area contributed by atoms with E-state index in [0.717, 1.165) is 23.4 Å². The highest BCUT2D eigenvalue weighted by atomic mass is 19.4. The SMILES string of the molecule is CC(C)C[C@H](NC(=O)CCCCNc1ccccn1)C(=O)NC(CC(=O)O)c1ccc(-c2ccccc2)cc1.O=C(O)C(F)(F)F. The Bertz CT molecular complexity index is 1390. The summed E-state index contributed by atoms with van der Waals surface area (Å²) in [6.45, 7) is 4.65. The minimum Gasteiger partial charge on any atom is -0.481 e. The lowest BCUT2D eigenvalue weighted by Gasteiger charge is -2.24. The third kappa shape index (κ3) is 14.2. The maximum absolute atomic E-state index is 13.3. The lowest BCUT2D eigenvalue weighted by atomic mass is 9.98.